The van der Waals surface area contributed by atoms with Crippen LogP contribution in [0, 0.1) is 5.92 Å². The number of benzene rings is 1. The number of hydrogen-bond acceptors (Lipinski definition) is 6. The van der Waals surface area contributed by atoms with Gasteiger partial charge in [0.1, 0.15) is 29.3 Å². The summed E-state index contributed by atoms with van der Waals surface area (Å²) in [6.07, 6.45) is 3.43. The zero-order valence-corrected chi connectivity index (χ0v) is 19.5. The molecule has 0 unspecified atom stereocenters. The van der Waals surface area contributed by atoms with E-state index in [2.05, 4.69) is 9.13 Å². The van der Waals surface area contributed by atoms with E-state index in [4.69, 9.17) is 14.7 Å². The van der Waals surface area contributed by atoms with Crippen molar-refractivity contribution in [2.24, 2.45) is 5.92 Å². The molecule has 0 amide bonds. The summed E-state index contributed by atoms with van der Waals surface area (Å²) in [6, 6.07) is 8.71. The fraction of sp³-hybridized carbons (Fsp3) is 0.348. The molecule has 176 valence electrons. The van der Waals surface area contributed by atoms with E-state index >= 15 is 0 Å². The van der Waals surface area contributed by atoms with Gasteiger partial charge in [-0.15, -0.1) is 0 Å². The van der Waals surface area contributed by atoms with Crippen LogP contribution in [0.3, 0.4) is 0 Å². The summed E-state index contributed by atoms with van der Waals surface area (Å²) in [6.45, 7) is 1.76. The van der Waals surface area contributed by atoms with Crippen molar-refractivity contribution in [1.82, 2.24) is 19.1 Å². The summed E-state index contributed by atoms with van der Waals surface area (Å²) < 4.78 is 35.3. The van der Waals surface area contributed by atoms with Crippen LogP contribution in [0.5, 0.6) is 5.75 Å². The Balaban J connectivity index is 1.58. The number of nitrogens with zero attached hydrogens (tertiary/aromatic N) is 5. The van der Waals surface area contributed by atoms with Crippen molar-refractivity contribution in [3.8, 4) is 17.3 Å². The minimum atomic E-state index is -3.45. The van der Waals surface area contributed by atoms with Crippen molar-refractivity contribution in [3.05, 3.63) is 35.9 Å². The van der Waals surface area contributed by atoms with Gasteiger partial charge in [-0.25, -0.2) is 23.2 Å². The lowest BCUT2D eigenvalue weighted by Crippen LogP contribution is -2.25. The second-order valence-electron chi connectivity index (χ2n) is 8.98. The number of aromatic nitrogens is 4. The highest BCUT2D eigenvalue weighted by Crippen LogP contribution is 2.39. The molecule has 1 aliphatic carbocycles. The molecule has 1 saturated carbocycles. The molecule has 34 heavy (non-hydrogen) atoms. The van der Waals surface area contributed by atoms with Crippen molar-refractivity contribution in [2.45, 2.75) is 25.9 Å². The number of anilines is 1. The summed E-state index contributed by atoms with van der Waals surface area (Å²) in [5.74, 6) is 1.10. The van der Waals surface area contributed by atoms with Crippen LogP contribution in [-0.2, 0) is 23.1 Å². The Hall–Kier alpha value is -3.60. The summed E-state index contributed by atoms with van der Waals surface area (Å²) >= 11 is 0. The number of carboxylic acids is 1. The molecule has 1 fully saturated rings. The van der Waals surface area contributed by atoms with E-state index in [-0.39, 0.29) is 5.56 Å². The first kappa shape index (κ1) is 21.0. The van der Waals surface area contributed by atoms with Gasteiger partial charge in [0.05, 0.1) is 29.6 Å². The van der Waals surface area contributed by atoms with Gasteiger partial charge in [0, 0.05) is 19.0 Å². The molecule has 1 aromatic carbocycles. The number of carboxylic acid groups (broad SMARTS) is 1. The summed E-state index contributed by atoms with van der Waals surface area (Å²) in [5.41, 5.74) is 3.05. The Bertz CT molecular complexity index is 1600. The van der Waals surface area contributed by atoms with Crippen LogP contribution in [0.4, 0.5) is 5.82 Å². The van der Waals surface area contributed by atoms with Crippen LogP contribution in [-0.4, -0.2) is 58.5 Å². The number of ether oxygens (including phenoxy) is 1. The third kappa shape index (κ3) is 3.30. The standard InChI is InChI=1S/C23H23N5O5S/c1-26(34(2,31)32)19-6-5-14-10-17(28(21(14)25-19)12-13-3-4-13)22-24-16-9-15(23(29)30)11-18-20(16)27(22)7-8-33-18/h5-6,9-11,13H,3-4,7-8,12H2,1-2H3,(H,29,30). The van der Waals surface area contributed by atoms with Crippen LogP contribution in [0.15, 0.2) is 30.3 Å². The minimum absolute atomic E-state index is 0.134. The van der Waals surface area contributed by atoms with E-state index in [0.717, 1.165) is 48.1 Å². The number of rotatable bonds is 6. The monoisotopic (exact) mass is 481 g/mol. The normalized spacial score (nSPS) is 15.6. The van der Waals surface area contributed by atoms with Gasteiger partial charge in [0.15, 0.2) is 5.82 Å². The second kappa shape index (κ2) is 7.20. The molecule has 0 spiro atoms. The average molecular weight is 482 g/mol. The van der Waals surface area contributed by atoms with E-state index in [9.17, 15) is 18.3 Å². The van der Waals surface area contributed by atoms with Crippen molar-refractivity contribution in [1.29, 1.82) is 0 Å². The molecule has 1 aliphatic heterocycles. The van der Waals surface area contributed by atoms with E-state index in [1.807, 2.05) is 12.1 Å². The van der Waals surface area contributed by atoms with Crippen molar-refractivity contribution in [2.75, 3.05) is 24.2 Å². The highest BCUT2D eigenvalue weighted by Gasteiger charge is 2.29. The Morgan fingerprint density at radius 2 is 2.03 bits per heavy atom. The lowest BCUT2D eigenvalue weighted by Gasteiger charge is -2.19. The quantitative estimate of drug-likeness (QED) is 0.450. The molecule has 0 saturated heterocycles. The summed E-state index contributed by atoms with van der Waals surface area (Å²) in [7, 11) is -1.95. The average Bonchev–Trinajstić information content (AvgIpc) is 3.45. The molecule has 10 nitrogen and oxygen atoms in total. The molecular formula is C23H23N5O5S. The van der Waals surface area contributed by atoms with Gasteiger partial charge in [-0.1, -0.05) is 0 Å². The molecule has 6 rings (SSSR count). The van der Waals surface area contributed by atoms with Crippen molar-refractivity contribution >= 4 is 43.9 Å². The molecular weight excluding hydrogens is 458 g/mol. The second-order valence-corrected chi connectivity index (χ2v) is 11.0. The summed E-state index contributed by atoms with van der Waals surface area (Å²) in [5, 5.41) is 10.4. The fourth-order valence-electron chi connectivity index (χ4n) is 4.51. The molecule has 0 atom stereocenters. The maximum absolute atomic E-state index is 12.1. The summed E-state index contributed by atoms with van der Waals surface area (Å²) in [4.78, 5) is 21.2. The smallest absolute Gasteiger partial charge is 0.335 e. The van der Waals surface area contributed by atoms with Gasteiger partial charge in [0.2, 0.25) is 10.0 Å². The van der Waals surface area contributed by atoms with Gasteiger partial charge in [0.25, 0.3) is 0 Å². The SMILES string of the molecule is CN(c1ccc2cc(-c3nc4cc(C(=O)O)cc5c4n3CCO5)n(CC3CC3)c2n1)S(C)(=O)=O. The van der Waals surface area contributed by atoms with Gasteiger partial charge >= 0.3 is 5.97 Å². The zero-order valence-electron chi connectivity index (χ0n) is 18.7. The molecule has 0 bridgehead atoms. The topological polar surface area (TPSA) is 120 Å². The molecule has 0 radical (unpaired) electrons. The first-order chi connectivity index (χ1) is 16.2. The maximum Gasteiger partial charge on any atom is 0.335 e. The number of sulfonamides is 1. The van der Waals surface area contributed by atoms with Gasteiger partial charge in [-0.3, -0.25) is 4.31 Å². The first-order valence-electron chi connectivity index (χ1n) is 11.1. The number of hydrogen-bond donors (Lipinski definition) is 1. The number of aromatic carboxylic acids is 1. The third-order valence-corrected chi connectivity index (χ3v) is 7.72. The lowest BCUT2D eigenvalue weighted by atomic mass is 10.1. The van der Waals surface area contributed by atoms with E-state index < -0.39 is 16.0 Å². The number of fused-ring (bicyclic) bond motifs is 1. The molecule has 4 aromatic rings. The molecule has 4 heterocycles. The molecule has 11 heteroatoms. The lowest BCUT2D eigenvalue weighted by molar-refractivity contribution is 0.0696. The highest BCUT2D eigenvalue weighted by molar-refractivity contribution is 7.92. The van der Waals surface area contributed by atoms with Crippen molar-refractivity contribution in [3.63, 3.8) is 0 Å². The van der Waals surface area contributed by atoms with Crippen LogP contribution in [0.25, 0.3) is 33.6 Å². The number of imidazole rings is 1. The predicted molar refractivity (Wildman–Crippen MR) is 127 cm³/mol. The van der Waals surface area contributed by atoms with Gasteiger partial charge in [-0.2, -0.15) is 0 Å². The van der Waals surface area contributed by atoms with Crippen LogP contribution < -0.4 is 9.04 Å². The molecule has 1 N–H and O–H groups in total. The predicted octanol–water partition coefficient (Wildman–Crippen LogP) is 2.95. The molecule has 3 aromatic heterocycles. The van der Waals surface area contributed by atoms with E-state index in [1.165, 1.54) is 11.4 Å². The van der Waals surface area contributed by atoms with E-state index in [1.54, 1.807) is 18.2 Å². The van der Waals surface area contributed by atoms with Crippen LogP contribution in [0.1, 0.15) is 23.2 Å². The Labute approximate surface area is 195 Å². The van der Waals surface area contributed by atoms with E-state index in [0.29, 0.717) is 41.8 Å². The Kier molecular flexibility index (Phi) is 4.44. The number of pyridine rings is 1. The Morgan fingerprint density at radius 1 is 1.24 bits per heavy atom. The van der Waals surface area contributed by atoms with Gasteiger partial charge in [-0.05, 0) is 49.1 Å². The van der Waals surface area contributed by atoms with Crippen LogP contribution >= 0.6 is 0 Å². The highest BCUT2D eigenvalue weighted by atomic mass is 32.2. The third-order valence-electron chi connectivity index (χ3n) is 6.54. The fourth-order valence-corrected chi connectivity index (χ4v) is 4.96. The zero-order chi connectivity index (χ0) is 23.8. The van der Waals surface area contributed by atoms with Crippen molar-refractivity contribution < 1.29 is 23.1 Å². The molecule has 2 aliphatic rings. The minimum Gasteiger partial charge on any atom is -0.489 e. The maximum atomic E-state index is 12.1. The van der Waals surface area contributed by atoms with Gasteiger partial charge < -0.3 is 19.0 Å². The first-order valence-corrected chi connectivity index (χ1v) is 12.9. The van der Waals surface area contributed by atoms with Crippen LogP contribution in [0.2, 0.25) is 0 Å². The Morgan fingerprint density at radius 3 is 2.74 bits per heavy atom. The number of carbonyl (C=O) groups is 1. The largest absolute Gasteiger partial charge is 0.489 e.